The molecular weight excluding hydrogens is 273 g/mol. The van der Waals surface area contributed by atoms with Crippen molar-refractivity contribution in [2.45, 2.75) is 39.2 Å². The van der Waals surface area contributed by atoms with Gasteiger partial charge >= 0.3 is 5.97 Å². The number of benzene rings is 1. The molecule has 1 heterocycles. The van der Waals surface area contributed by atoms with Crippen molar-refractivity contribution in [3.05, 3.63) is 35.1 Å². The van der Waals surface area contributed by atoms with E-state index in [2.05, 4.69) is 0 Å². The number of rotatable bonds is 3. The molecule has 2 atom stereocenters. The van der Waals surface area contributed by atoms with Gasteiger partial charge in [0.2, 0.25) is 0 Å². The quantitative estimate of drug-likeness (QED) is 0.932. The number of hydrogen-bond acceptors (Lipinski definition) is 2. The number of aryl methyl sites for hydroxylation is 1. The van der Waals surface area contributed by atoms with Gasteiger partial charge < -0.3 is 10.0 Å². The Bertz CT molecular complexity index is 558. The number of carboxylic acid groups (broad SMARTS) is 1. The highest BCUT2D eigenvalue weighted by molar-refractivity contribution is 5.98. The predicted octanol–water partition coefficient (Wildman–Crippen LogP) is 2.85. The maximum Gasteiger partial charge on any atom is 0.326 e. The number of nitrogens with zero attached hydrogens (tertiary/aromatic N) is 1. The highest BCUT2D eigenvalue weighted by atomic mass is 19.1. The van der Waals surface area contributed by atoms with Crippen LogP contribution in [0.15, 0.2) is 18.2 Å². The summed E-state index contributed by atoms with van der Waals surface area (Å²) in [6.07, 6.45) is 2.16. The number of likely N-dealkylation sites (tertiary alicyclic amines) is 1. The fourth-order valence-corrected chi connectivity index (χ4v) is 2.87. The Morgan fingerprint density at radius 1 is 1.43 bits per heavy atom. The molecule has 0 bridgehead atoms. The minimum absolute atomic E-state index is 0.246. The molecule has 0 aliphatic carbocycles. The molecule has 1 fully saturated rings. The molecule has 0 spiro atoms. The van der Waals surface area contributed by atoms with E-state index in [1.165, 1.54) is 23.1 Å². The van der Waals surface area contributed by atoms with Crippen molar-refractivity contribution < 1.29 is 19.1 Å². The first kappa shape index (κ1) is 15.5. The molecule has 2 unspecified atom stereocenters. The lowest BCUT2D eigenvalue weighted by Gasteiger charge is -2.37. The molecule has 0 aromatic heterocycles. The highest BCUT2D eigenvalue weighted by Gasteiger charge is 2.36. The molecular formula is C16H20FNO3. The van der Waals surface area contributed by atoms with Gasteiger partial charge in [0.1, 0.15) is 11.9 Å². The first-order chi connectivity index (χ1) is 9.93. The molecule has 1 aliphatic rings. The van der Waals surface area contributed by atoms with Gasteiger partial charge in [-0.05, 0) is 43.4 Å². The average Bonchev–Trinajstić information content (AvgIpc) is 2.48. The molecule has 4 nitrogen and oxygen atoms in total. The summed E-state index contributed by atoms with van der Waals surface area (Å²) < 4.78 is 13.4. The zero-order valence-corrected chi connectivity index (χ0v) is 12.3. The lowest BCUT2D eigenvalue weighted by molar-refractivity contribution is -0.144. The monoisotopic (exact) mass is 293 g/mol. The summed E-state index contributed by atoms with van der Waals surface area (Å²) in [4.78, 5) is 25.4. The molecule has 5 heteroatoms. The van der Waals surface area contributed by atoms with Crippen LogP contribution in [0.2, 0.25) is 0 Å². The van der Waals surface area contributed by atoms with Crippen LogP contribution in [0.4, 0.5) is 4.39 Å². The minimum Gasteiger partial charge on any atom is -0.480 e. The molecule has 1 aromatic rings. The van der Waals surface area contributed by atoms with Gasteiger partial charge in [-0.25, -0.2) is 9.18 Å². The van der Waals surface area contributed by atoms with Gasteiger partial charge in [-0.1, -0.05) is 19.4 Å². The Labute approximate surface area is 123 Å². The zero-order valence-electron chi connectivity index (χ0n) is 12.3. The van der Waals surface area contributed by atoms with Crippen molar-refractivity contribution in [3.8, 4) is 0 Å². The Kier molecular flexibility index (Phi) is 4.60. The minimum atomic E-state index is -0.990. The average molecular weight is 293 g/mol. The van der Waals surface area contributed by atoms with E-state index in [1.54, 1.807) is 6.92 Å². The molecule has 1 saturated heterocycles. The van der Waals surface area contributed by atoms with E-state index in [-0.39, 0.29) is 5.56 Å². The van der Waals surface area contributed by atoms with Crippen molar-refractivity contribution >= 4 is 11.9 Å². The van der Waals surface area contributed by atoms with Crippen molar-refractivity contribution in [1.82, 2.24) is 4.90 Å². The zero-order chi connectivity index (χ0) is 15.6. The second-order valence-electron chi connectivity index (χ2n) is 5.61. The Balaban J connectivity index is 2.28. The molecule has 0 radical (unpaired) electrons. The van der Waals surface area contributed by atoms with Crippen LogP contribution < -0.4 is 0 Å². The van der Waals surface area contributed by atoms with E-state index < -0.39 is 23.7 Å². The van der Waals surface area contributed by atoms with Gasteiger partial charge in [0.05, 0.1) is 0 Å². The number of carbonyl (C=O) groups is 2. The predicted molar refractivity (Wildman–Crippen MR) is 76.6 cm³/mol. The van der Waals surface area contributed by atoms with Gasteiger partial charge in [-0.3, -0.25) is 4.79 Å². The molecule has 1 aliphatic heterocycles. The van der Waals surface area contributed by atoms with Gasteiger partial charge in [0.15, 0.2) is 0 Å². The van der Waals surface area contributed by atoms with Crippen molar-refractivity contribution in [3.63, 3.8) is 0 Å². The van der Waals surface area contributed by atoms with Crippen LogP contribution in [-0.4, -0.2) is 34.5 Å². The summed E-state index contributed by atoms with van der Waals surface area (Å²) in [7, 11) is 0. The van der Waals surface area contributed by atoms with E-state index in [9.17, 15) is 19.1 Å². The van der Waals surface area contributed by atoms with Crippen LogP contribution in [-0.2, 0) is 4.79 Å². The fourth-order valence-electron chi connectivity index (χ4n) is 2.87. The summed E-state index contributed by atoms with van der Waals surface area (Å²) in [5, 5.41) is 9.37. The largest absolute Gasteiger partial charge is 0.480 e. The molecule has 114 valence electrons. The molecule has 2 rings (SSSR count). The molecule has 21 heavy (non-hydrogen) atoms. The molecule has 1 N–H and O–H groups in total. The number of amides is 1. The van der Waals surface area contributed by atoms with Crippen molar-refractivity contribution in [2.75, 3.05) is 6.54 Å². The van der Waals surface area contributed by atoms with Crippen LogP contribution >= 0.6 is 0 Å². The summed E-state index contributed by atoms with van der Waals surface area (Å²) in [6, 6.07) is 3.20. The number of hydrogen-bond donors (Lipinski definition) is 1. The third-order valence-electron chi connectivity index (χ3n) is 4.26. The number of carboxylic acids is 1. The number of aliphatic carboxylic acids is 1. The third kappa shape index (κ3) is 3.23. The lowest BCUT2D eigenvalue weighted by atomic mass is 9.88. The summed E-state index contributed by atoms with van der Waals surface area (Å²) in [5.41, 5.74) is 0.902. The standard InChI is InChI=1S/C16H20FNO3/c1-3-11-6-7-18(14(8-11)16(20)21)15(19)13-9-12(17)5-4-10(13)2/h4-5,9,11,14H,3,6-8H2,1-2H3,(H,20,21). The van der Waals surface area contributed by atoms with Crippen LogP contribution in [0.3, 0.4) is 0 Å². The van der Waals surface area contributed by atoms with E-state index >= 15 is 0 Å². The first-order valence-electron chi connectivity index (χ1n) is 7.24. The third-order valence-corrected chi connectivity index (χ3v) is 4.26. The number of piperidine rings is 1. The molecule has 0 saturated carbocycles. The van der Waals surface area contributed by atoms with Crippen LogP contribution in [0.5, 0.6) is 0 Å². The summed E-state index contributed by atoms with van der Waals surface area (Å²) in [5.74, 6) is -1.55. The number of halogens is 1. The Hall–Kier alpha value is -1.91. The van der Waals surface area contributed by atoms with Crippen molar-refractivity contribution in [1.29, 1.82) is 0 Å². The second-order valence-corrected chi connectivity index (χ2v) is 5.61. The van der Waals surface area contributed by atoms with Gasteiger partial charge in [0.25, 0.3) is 5.91 Å². The number of carbonyl (C=O) groups excluding carboxylic acids is 1. The van der Waals surface area contributed by atoms with Gasteiger partial charge in [-0.15, -0.1) is 0 Å². The Morgan fingerprint density at radius 3 is 2.76 bits per heavy atom. The first-order valence-corrected chi connectivity index (χ1v) is 7.24. The van der Waals surface area contributed by atoms with Crippen molar-refractivity contribution in [2.24, 2.45) is 5.92 Å². The Morgan fingerprint density at radius 2 is 2.14 bits per heavy atom. The van der Waals surface area contributed by atoms with Crippen LogP contribution in [0, 0.1) is 18.7 Å². The maximum absolute atomic E-state index is 13.4. The second kappa shape index (κ2) is 6.24. The van der Waals surface area contributed by atoms with E-state index in [0.29, 0.717) is 24.4 Å². The fraction of sp³-hybridized carbons (Fsp3) is 0.500. The van der Waals surface area contributed by atoms with Crippen LogP contribution in [0.1, 0.15) is 42.1 Å². The smallest absolute Gasteiger partial charge is 0.326 e. The van der Waals surface area contributed by atoms with Gasteiger partial charge in [0, 0.05) is 12.1 Å². The highest BCUT2D eigenvalue weighted by Crippen LogP contribution is 2.27. The maximum atomic E-state index is 13.4. The normalized spacial score (nSPS) is 22.1. The topological polar surface area (TPSA) is 57.6 Å². The molecule has 1 aromatic carbocycles. The van der Waals surface area contributed by atoms with E-state index in [1.807, 2.05) is 6.92 Å². The van der Waals surface area contributed by atoms with Gasteiger partial charge in [-0.2, -0.15) is 0 Å². The molecule has 1 amide bonds. The SMILES string of the molecule is CCC1CCN(C(=O)c2cc(F)ccc2C)C(C(=O)O)C1. The summed E-state index contributed by atoms with van der Waals surface area (Å²) >= 11 is 0. The summed E-state index contributed by atoms with van der Waals surface area (Å²) in [6.45, 7) is 4.16. The van der Waals surface area contributed by atoms with E-state index in [4.69, 9.17) is 0 Å². The van der Waals surface area contributed by atoms with E-state index in [0.717, 1.165) is 12.8 Å². The van der Waals surface area contributed by atoms with Crippen LogP contribution in [0.25, 0.3) is 0 Å². The lowest BCUT2D eigenvalue weighted by Crippen LogP contribution is -2.50.